The molecule has 1 amide bonds. The van der Waals surface area contributed by atoms with E-state index in [-0.39, 0.29) is 11.9 Å². The number of halogens is 1. The molecule has 0 aromatic heterocycles. The first kappa shape index (κ1) is 22.5. The fraction of sp³-hybridized carbons (Fsp3) is 0.579. The highest BCUT2D eigenvalue weighted by Gasteiger charge is 2.15. The van der Waals surface area contributed by atoms with Crippen molar-refractivity contribution >= 4 is 12.1 Å². The number of amides is 1. The molecular formula is C19H31FN4O3. The van der Waals surface area contributed by atoms with E-state index in [4.69, 9.17) is 9.47 Å². The van der Waals surface area contributed by atoms with Crippen molar-refractivity contribution in [2.45, 2.75) is 45.8 Å². The molecule has 0 aliphatic rings. The van der Waals surface area contributed by atoms with E-state index in [9.17, 15) is 9.18 Å². The van der Waals surface area contributed by atoms with Crippen LogP contribution in [0.25, 0.3) is 0 Å². The molecule has 3 N–H and O–H groups in total. The van der Waals surface area contributed by atoms with E-state index < -0.39 is 11.7 Å². The number of rotatable bonds is 8. The monoisotopic (exact) mass is 382 g/mol. The molecule has 152 valence electrons. The molecule has 1 atom stereocenters. The van der Waals surface area contributed by atoms with E-state index in [1.165, 1.54) is 12.1 Å². The van der Waals surface area contributed by atoms with Crippen molar-refractivity contribution in [1.29, 1.82) is 0 Å². The van der Waals surface area contributed by atoms with Gasteiger partial charge in [0.25, 0.3) is 0 Å². The molecular weight excluding hydrogens is 351 g/mol. The summed E-state index contributed by atoms with van der Waals surface area (Å²) in [4.78, 5) is 15.7. The molecule has 0 radical (unpaired) electrons. The van der Waals surface area contributed by atoms with E-state index in [1.54, 1.807) is 19.2 Å². The lowest BCUT2D eigenvalue weighted by atomic mass is 10.2. The van der Waals surface area contributed by atoms with Gasteiger partial charge in [-0.25, -0.2) is 9.18 Å². The van der Waals surface area contributed by atoms with Gasteiger partial charge >= 0.3 is 6.09 Å². The average molecular weight is 382 g/mol. The van der Waals surface area contributed by atoms with E-state index in [0.29, 0.717) is 31.3 Å². The largest absolute Gasteiger partial charge is 0.489 e. The van der Waals surface area contributed by atoms with Gasteiger partial charge in [0.05, 0.1) is 6.54 Å². The molecule has 1 rings (SSSR count). The zero-order chi connectivity index (χ0) is 20.3. The Balaban J connectivity index is 2.20. The minimum atomic E-state index is -0.501. The Kier molecular flexibility index (Phi) is 9.39. The van der Waals surface area contributed by atoms with E-state index in [2.05, 4.69) is 20.9 Å². The van der Waals surface area contributed by atoms with Crippen LogP contribution in [0.4, 0.5) is 9.18 Å². The molecule has 0 heterocycles. The molecule has 0 saturated carbocycles. The molecule has 0 fully saturated rings. The average Bonchev–Trinajstić information content (AvgIpc) is 2.55. The summed E-state index contributed by atoms with van der Waals surface area (Å²) in [7, 11) is 1.67. The molecule has 0 aliphatic heterocycles. The predicted molar refractivity (Wildman–Crippen MR) is 105 cm³/mol. The van der Waals surface area contributed by atoms with Gasteiger partial charge in [-0.2, -0.15) is 0 Å². The predicted octanol–water partition coefficient (Wildman–Crippen LogP) is 2.67. The highest BCUT2D eigenvalue weighted by Crippen LogP contribution is 2.13. The lowest BCUT2D eigenvalue weighted by Gasteiger charge is -2.20. The van der Waals surface area contributed by atoms with Gasteiger partial charge in [-0.1, -0.05) is 6.07 Å². The zero-order valence-electron chi connectivity index (χ0n) is 16.8. The minimum Gasteiger partial charge on any atom is -0.489 e. The normalized spacial score (nSPS) is 12.9. The van der Waals surface area contributed by atoms with Crippen molar-refractivity contribution in [3.63, 3.8) is 0 Å². The number of hydrogen-bond acceptors (Lipinski definition) is 4. The third kappa shape index (κ3) is 10.9. The minimum absolute atomic E-state index is 0.167. The number of hydrogen-bond donors (Lipinski definition) is 3. The van der Waals surface area contributed by atoms with E-state index in [0.717, 1.165) is 6.42 Å². The standard InChI is InChI=1S/C19H31FN4O3/c1-14(26-16-9-6-8-15(20)12-16)13-24-17(21-5)22-10-7-11-23-18(25)27-19(2,3)4/h6,8-9,12,14H,7,10-11,13H2,1-5H3,(H,23,25)(H2,21,22,24). The first-order valence-electron chi connectivity index (χ1n) is 9.03. The molecule has 1 aromatic carbocycles. The van der Waals surface area contributed by atoms with Crippen molar-refractivity contribution in [3.8, 4) is 5.75 Å². The van der Waals surface area contributed by atoms with Gasteiger partial charge in [-0.05, 0) is 46.2 Å². The smallest absolute Gasteiger partial charge is 0.407 e. The molecule has 0 saturated heterocycles. The van der Waals surface area contributed by atoms with Crippen molar-refractivity contribution < 1.29 is 18.7 Å². The van der Waals surface area contributed by atoms with Crippen molar-refractivity contribution in [3.05, 3.63) is 30.1 Å². The summed E-state index contributed by atoms with van der Waals surface area (Å²) in [5, 5.41) is 8.99. The summed E-state index contributed by atoms with van der Waals surface area (Å²) in [6.45, 7) is 8.99. The number of guanidine groups is 1. The number of ether oxygens (including phenoxy) is 2. The molecule has 7 nitrogen and oxygen atoms in total. The van der Waals surface area contributed by atoms with Gasteiger partial charge in [0.1, 0.15) is 23.3 Å². The van der Waals surface area contributed by atoms with Crippen LogP contribution < -0.4 is 20.7 Å². The highest BCUT2D eigenvalue weighted by molar-refractivity contribution is 5.79. The highest BCUT2D eigenvalue weighted by atomic mass is 19.1. The van der Waals surface area contributed by atoms with Crippen molar-refractivity contribution in [2.24, 2.45) is 4.99 Å². The number of nitrogens with zero attached hydrogens (tertiary/aromatic N) is 1. The third-order valence-electron chi connectivity index (χ3n) is 3.23. The topological polar surface area (TPSA) is 84.0 Å². The molecule has 0 aliphatic carbocycles. The Labute approximate surface area is 160 Å². The van der Waals surface area contributed by atoms with Crippen LogP contribution in [-0.4, -0.2) is 50.4 Å². The van der Waals surface area contributed by atoms with Crippen LogP contribution in [0.5, 0.6) is 5.75 Å². The van der Waals surface area contributed by atoms with Gasteiger partial charge in [-0.3, -0.25) is 4.99 Å². The van der Waals surface area contributed by atoms with Crippen molar-refractivity contribution in [1.82, 2.24) is 16.0 Å². The summed E-state index contributed by atoms with van der Waals surface area (Å²) in [6.07, 6.45) is 0.127. The molecule has 1 unspecified atom stereocenters. The summed E-state index contributed by atoms with van der Waals surface area (Å²) in [5.74, 6) is 0.785. The lowest BCUT2D eigenvalue weighted by Crippen LogP contribution is -2.42. The number of benzene rings is 1. The van der Waals surface area contributed by atoms with Crippen LogP contribution in [0.3, 0.4) is 0 Å². The fourth-order valence-corrected chi connectivity index (χ4v) is 2.08. The zero-order valence-corrected chi connectivity index (χ0v) is 16.8. The van der Waals surface area contributed by atoms with Crippen LogP contribution in [0, 0.1) is 5.82 Å². The molecule has 0 bridgehead atoms. The maximum atomic E-state index is 13.2. The number of nitrogens with one attached hydrogen (secondary N) is 3. The van der Waals surface area contributed by atoms with Gasteiger partial charge < -0.3 is 25.4 Å². The Morgan fingerprint density at radius 3 is 2.56 bits per heavy atom. The van der Waals surface area contributed by atoms with E-state index in [1.807, 2.05) is 27.7 Å². The number of alkyl carbamates (subject to hydrolysis) is 1. The summed E-state index contributed by atoms with van der Waals surface area (Å²) in [5.41, 5.74) is -0.501. The fourth-order valence-electron chi connectivity index (χ4n) is 2.08. The lowest BCUT2D eigenvalue weighted by molar-refractivity contribution is 0.0527. The van der Waals surface area contributed by atoms with E-state index >= 15 is 0 Å². The van der Waals surface area contributed by atoms with Crippen LogP contribution in [0.1, 0.15) is 34.1 Å². The number of carbonyl (C=O) groups is 1. The van der Waals surface area contributed by atoms with Crippen LogP contribution in [-0.2, 0) is 4.74 Å². The SMILES string of the molecule is CN=C(NCCCNC(=O)OC(C)(C)C)NCC(C)Oc1cccc(F)c1. The van der Waals surface area contributed by atoms with Gasteiger partial charge in [0, 0.05) is 26.2 Å². The first-order valence-corrected chi connectivity index (χ1v) is 9.03. The Hall–Kier alpha value is -2.51. The quantitative estimate of drug-likeness (QED) is 0.366. The molecule has 8 heteroatoms. The molecule has 27 heavy (non-hydrogen) atoms. The van der Waals surface area contributed by atoms with Crippen LogP contribution >= 0.6 is 0 Å². The Morgan fingerprint density at radius 2 is 1.93 bits per heavy atom. The van der Waals surface area contributed by atoms with Gasteiger partial charge in [0.15, 0.2) is 5.96 Å². The second kappa shape index (κ2) is 11.3. The van der Waals surface area contributed by atoms with Crippen LogP contribution in [0.2, 0.25) is 0 Å². The Morgan fingerprint density at radius 1 is 1.22 bits per heavy atom. The van der Waals surface area contributed by atoms with Gasteiger partial charge in [-0.15, -0.1) is 0 Å². The molecule has 1 aromatic rings. The summed E-state index contributed by atoms with van der Waals surface area (Å²) >= 11 is 0. The summed E-state index contributed by atoms with van der Waals surface area (Å²) < 4.78 is 24.0. The second-order valence-corrected chi connectivity index (χ2v) is 7.05. The Bertz CT molecular complexity index is 617. The third-order valence-corrected chi connectivity index (χ3v) is 3.23. The second-order valence-electron chi connectivity index (χ2n) is 7.05. The summed E-state index contributed by atoms with van der Waals surface area (Å²) in [6, 6.07) is 6.04. The maximum absolute atomic E-state index is 13.2. The van der Waals surface area contributed by atoms with Gasteiger partial charge in [0.2, 0.25) is 0 Å². The van der Waals surface area contributed by atoms with Crippen molar-refractivity contribution in [2.75, 3.05) is 26.7 Å². The number of carbonyl (C=O) groups excluding carboxylic acids is 1. The number of aliphatic imine (C=N–C) groups is 1. The first-order chi connectivity index (χ1) is 12.7. The maximum Gasteiger partial charge on any atom is 0.407 e. The van der Waals surface area contributed by atoms with Crippen LogP contribution in [0.15, 0.2) is 29.3 Å². The molecule has 0 spiro atoms.